The van der Waals surface area contributed by atoms with Gasteiger partial charge in [0.05, 0.1) is 24.9 Å². The number of aliphatic hydroxyl groups is 1. The largest absolute Gasteiger partial charge is 0.390 e. The summed E-state index contributed by atoms with van der Waals surface area (Å²) in [6.45, 7) is 0.260. The van der Waals surface area contributed by atoms with Gasteiger partial charge in [-0.05, 0) is 12.1 Å². The minimum atomic E-state index is -0.611. The van der Waals surface area contributed by atoms with E-state index in [9.17, 15) is 5.11 Å². The molecule has 0 aliphatic carbocycles. The second-order valence-electron chi connectivity index (χ2n) is 4.02. The second kappa shape index (κ2) is 7.28. The molecule has 1 heterocycles. The quantitative estimate of drug-likeness (QED) is 0.781. The molecule has 5 nitrogen and oxygen atoms in total. The summed E-state index contributed by atoms with van der Waals surface area (Å²) in [7, 11) is 1.54. The highest BCUT2D eigenvalue weighted by molar-refractivity contribution is 7.98. The van der Waals surface area contributed by atoms with Crippen LogP contribution in [0.3, 0.4) is 0 Å². The van der Waals surface area contributed by atoms with Crippen LogP contribution in [0, 0.1) is 0 Å². The Balaban J connectivity index is 1.84. The van der Waals surface area contributed by atoms with E-state index in [1.807, 2.05) is 30.3 Å². The van der Waals surface area contributed by atoms with Gasteiger partial charge in [0, 0.05) is 12.0 Å². The summed E-state index contributed by atoms with van der Waals surface area (Å²) in [5.41, 5.74) is 0. The van der Waals surface area contributed by atoms with Crippen molar-refractivity contribution >= 4 is 11.8 Å². The number of aliphatic hydroxyl groups excluding tert-OH is 1. The molecular weight excluding hydrogens is 264 g/mol. The standard InChI is InChI=1S/C13H16N2O3S/c1-17-8-10(16)7-13-14-12(15-18-13)9-19-11-5-3-2-4-6-11/h2-6,10,16H,7-9H2,1H3. The van der Waals surface area contributed by atoms with Gasteiger partial charge in [-0.2, -0.15) is 4.98 Å². The molecule has 6 heteroatoms. The Labute approximate surface area is 116 Å². The Bertz CT molecular complexity index is 490. The monoisotopic (exact) mass is 280 g/mol. The van der Waals surface area contributed by atoms with E-state index in [0.717, 1.165) is 4.90 Å². The van der Waals surface area contributed by atoms with Gasteiger partial charge < -0.3 is 14.4 Å². The van der Waals surface area contributed by atoms with E-state index in [1.54, 1.807) is 18.9 Å². The predicted octanol–water partition coefficient (Wildman–Crippen LogP) is 1.91. The SMILES string of the molecule is COCC(O)Cc1nc(CSc2ccccc2)no1. The van der Waals surface area contributed by atoms with E-state index in [4.69, 9.17) is 9.26 Å². The third-order valence-corrected chi connectivity index (χ3v) is 3.40. The lowest BCUT2D eigenvalue weighted by Gasteiger charge is -2.04. The van der Waals surface area contributed by atoms with Crippen LogP contribution < -0.4 is 0 Å². The minimum Gasteiger partial charge on any atom is -0.390 e. The summed E-state index contributed by atoms with van der Waals surface area (Å²) < 4.78 is 9.92. The third-order valence-electron chi connectivity index (χ3n) is 2.39. The molecule has 0 spiro atoms. The zero-order chi connectivity index (χ0) is 13.5. The van der Waals surface area contributed by atoms with Crippen molar-refractivity contribution in [2.24, 2.45) is 0 Å². The van der Waals surface area contributed by atoms with Crippen molar-refractivity contribution < 1.29 is 14.4 Å². The maximum Gasteiger partial charge on any atom is 0.229 e. The van der Waals surface area contributed by atoms with Gasteiger partial charge in [-0.3, -0.25) is 0 Å². The lowest BCUT2D eigenvalue weighted by Crippen LogP contribution is -2.17. The molecule has 1 atom stereocenters. The molecule has 1 unspecified atom stereocenters. The number of benzene rings is 1. The Morgan fingerprint density at radius 2 is 2.16 bits per heavy atom. The van der Waals surface area contributed by atoms with Gasteiger partial charge in [0.25, 0.3) is 0 Å². The van der Waals surface area contributed by atoms with Crippen LogP contribution >= 0.6 is 11.8 Å². The maximum atomic E-state index is 9.56. The molecule has 0 aliphatic rings. The lowest BCUT2D eigenvalue weighted by molar-refractivity contribution is 0.0599. The number of methoxy groups -OCH3 is 1. The Morgan fingerprint density at radius 1 is 1.37 bits per heavy atom. The smallest absolute Gasteiger partial charge is 0.229 e. The average molecular weight is 280 g/mol. The molecule has 0 fully saturated rings. The molecule has 0 saturated heterocycles. The Hall–Kier alpha value is -1.37. The van der Waals surface area contributed by atoms with Crippen LogP contribution in [0.1, 0.15) is 11.7 Å². The van der Waals surface area contributed by atoms with Crippen molar-refractivity contribution in [3.05, 3.63) is 42.0 Å². The highest BCUT2D eigenvalue weighted by Gasteiger charge is 2.12. The zero-order valence-electron chi connectivity index (χ0n) is 10.7. The molecule has 0 amide bonds. The maximum absolute atomic E-state index is 9.56. The second-order valence-corrected chi connectivity index (χ2v) is 5.07. The summed E-state index contributed by atoms with van der Waals surface area (Å²) in [5.74, 6) is 1.72. The Morgan fingerprint density at radius 3 is 2.89 bits per heavy atom. The highest BCUT2D eigenvalue weighted by atomic mass is 32.2. The summed E-state index contributed by atoms with van der Waals surface area (Å²) in [4.78, 5) is 5.39. The molecule has 0 aliphatic heterocycles. The van der Waals surface area contributed by atoms with Crippen molar-refractivity contribution in [3.63, 3.8) is 0 Å². The molecule has 2 aromatic rings. The van der Waals surface area contributed by atoms with Gasteiger partial charge in [-0.25, -0.2) is 0 Å². The Kier molecular flexibility index (Phi) is 5.38. The summed E-state index contributed by atoms with van der Waals surface area (Å²) in [5, 5.41) is 13.4. The summed E-state index contributed by atoms with van der Waals surface area (Å²) in [6.07, 6.45) is -0.295. The molecule has 0 radical (unpaired) electrons. The van der Waals surface area contributed by atoms with Crippen molar-refractivity contribution in [1.29, 1.82) is 0 Å². The van der Waals surface area contributed by atoms with Crippen LogP contribution in [-0.4, -0.2) is 35.1 Å². The van der Waals surface area contributed by atoms with Gasteiger partial charge in [0.15, 0.2) is 5.82 Å². The van der Waals surface area contributed by atoms with E-state index >= 15 is 0 Å². The van der Waals surface area contributed by atoms with Gasteiger partial charge in [0.1, 0.15) is 0 Å². The van der Waals surface area contributed by atoms with E-state index in [0.29, 0.717) is 23.9 Å². The number of aromatic nitrogens is 2. The molecule has 102 valence electrons. The fourth-order valence-corrected chi connectivity index (χ4v) is 2.31. The van der Waals surface area contributed by atoms with Crippen LogP contribution in [-0.2, 0) is 16.9 Å². The van der Waals surface area contributed by atoms with Crippen molar-refractivity contribution in [2.75, 3.05) is 13.7 Å². The van der Waals surface area contributed by atoms with Gasteiger partial charge >= 0.3 is 0 Å². The van der Waals surface area contributed by atoms with Gasteiger partial charge in [-0.15, -0.1) is 11.8 Å². The minimum absolute atomic E-state index is 0.260. The van der Waals surface area contributed by atoms with Crippen molar-refractivity contribution in [1.82, 2.24) is 10.1 Å². The predicted molar refractivity (Wildman–Crippen MR) is 71.9 cm³/mol. The molecule has 0 bridgehead atoms. The van der Waals surface area contributed by atoms with Crippen LogP contribution in [0.5, 0.6) is 0 Å². The van der Waals surface area contributed by atoms with Crippen molar-refractivity contribution in [2.45, 2.75) is 23.2 Å². The zero-order valence-corrected chi connectivity index (χ0v) is 11.5. The van der Waals surface area contributed by atoms with Crippen LogP contribution in [0.2, 0.25) is 0 Å². The first kappa shape index (κ1) is 14.0. The first-order valence-electron chi connectivity index (χ1n) is 5.94. The van der Waals surface area contributed by atoms with Crippen molar-refractivity contribution in [3.8, 4) is 0 Å². The summed E-state index contributed by atoms with van der Waals surface area (Å²) in [6, 6.07) is 10.0. The summed E-state index contributed by atoms with van der Waals surface area (Å²) >= 11 is 1.64. The molecule has 0 saturated carbocycles. The van der Waals surface area contributed by atoms with Crippen LogP contribution in [0.15, 0.2) is 39.8 Å². The number of rotatable bonds is 7. The topological polar surface area (TPSA) is 68.4 Å². The molecule has 1 aromatic carbocycles. The molecule has 19 heavy (non-hydrogen) atoms. The lowest BCUT2D eigenvalue weighted by atomic mass is 10.3. The number of nitrogens with zero attached hydrogens (tertiary/aromatic N) is 2. The number of thioether (sulfide) groups is 1. The number of ether oxygens (including phenoxy) is 1. The van der Waals surface area contributed by atoms with Gasteiger partial charge in [0.2, 0.25) is 5.89 Å². The van der Waals surface area contributed by atoms with E-state index in [1.165, 1.54) is 0 Å². The number of hydrogen-bond donors (Lipinski definition) is 1. The fraction of sp³-hybridized carbons (Fsp3) is 0.385. The number of hydrogen-bond acceptors (Lipinski definition) is 6. The van der Waals surface area contributed by atoms with E-state index in [2.05, 4.69) is 10.1 Å². The molecule has 2 rings (SSSR count). The van der Waals surface area contributed by atoms with Gasteiger partial charge in [-0.1, -0.05) is 23.4 Å². The van der Waals surface area contributed by atoms with E-state index < -0.39 is 6.10 Å². The van der Waals surface area contributed by atoms with Crippen LogP contribution in [0.4, 0.5) is 0 Å². The fourth-order valence-electron chi connectivity index (χ4n) is 1.55. The van der Waals surface area contributed by atoms with Crippen LogP contribution in [0.25, 0.3) is 0 Å². The third kappa shape index (κ3) is 4.66. The van der Waals surface area contributed by atoms with E-state index in [-0.39, 0.29) is 6.61 Å². The first-order valence-corrected chi connectivity index (χ1v) is 6.93. The molecule has 1 N–H and O–H groups in total. The molecule has 1 aromatic heterocycles. The average Bonchev–Trinajstić information content (AvgIpc) is 2.85. The highest BCUT2D eigenvalue weighted by Crippen LogP contribution is 2.20. The first-order chi connectivity index (χ1) is 9.28. The molecular formula is C13H16N2O3S. The normalized spacial score (nSPS) is 12.5.